The van der Waals surface area contributed by atoms with E-state index in [1.807, 2.05) is 26.2 Å². The van der Waals surface area contributed by atoms with Crippen LogP contribution < -0.4 is 5.32 Å². The molecule has 0 aliphatic heterocycles. The minimum atomic E-state index is -0.583. The minimum absolute atomic E-state index is 0.0251. The maximum absolute atomic E-state index is 12.7. The number of rotatable bonds is 7. The van der Waals surface area contributed by atoms with Crippen LogP contribution in [0.1, 0.15) is 37.4 Å². The van der Waals surface area contributed by atoms with Crippen molar-refractivity contribution < 1.29 is 9.59 Å². The van der Waals surface area contributed by atoms with Gasteiger partial charge in [-0.1, -0.05) is 19.9 Å². The van der Waals surface area contributed by atoms with Crippen molar-refractivity contribution in [2.75, 3.05) is 13.1 Å². The third kappa shape index (κ3) is 4.85. The molecule has 5 nitrogen and oxygen atoms in total. The van der Waals surface area contributed by atoms with Gasteiger partial charge in [-0.25, -0.2) is 0 Å². The van der Waals surface area contributed by atoms with Gasteiger partial charge in [0.1, 0.15) is 6.04 Å². The summed E-state index contributed by atoms with van der Waals surface area (Å²) in [6.07, 6.45) is 0. The predicted molar refractivity (Wildman–Crippen MR) is 87.4 cm³/mol. The Labute approximate surface area is 135 Å². The lowest BCUT2D eigenvalue weighted by Crippen LogP contribution is -2.51. The number of likely N-dealkylation sites (N-methyl/N-ethyl adjacent to an activating group) is 1. The van der Waals surface area contributed by atoms with Crippen molar-refractivity contribution >= 4 is 23.2 Å². The Kier molecular flexibility index (Phi) is 7.06. The summed E-state index contributed by atoms with van der Waals surface area (Å²) in [6, 6.07) is 5.09. The molecule has 0 saturated heterocycles. The summed E-state index contributed by atoms with van der Waals surface area (Å²) in [6.45, 7) is 8.36. The topological polar surface area (TPSA) is 73.2 Å². The second-order valence-corrected chi connectivity index (χ2v) is 6.53. The van der Waals surface area contributed by atoms with Gasteiger partial charge in [-0.2, -0.15) is 5.26 Å². The molecule has 2 amide bonds. The molecule has 0 saturated carbocycles. The van der Waals surface area contributed by atoms with Gasteiger partial charge in [0, 0.05) is 13.1 Å². The fourth-order valence-corrected chi connectivity index (χ4v) is 2.70. The first-order valence-corrected chi connectivity index (χ1v) is 8.31. The van der Waals surface area contributed by atoms with Gasteiger partial charge in [0.05, 0.1) is 16.9 Å². The molecule has 120 valence electrons. The molecule has 22 heavy (non-hydrogen) atoms. The van der Waals surface area contributed by atoms with E-state index >= 15 is 0 Å². The lowest BCUT2D eigenvalue weighted by Gasteiger charge is -2.29. The second-order valence-electron chi connectivity index (χ2n) is 5.58. The first kappa shape index (κ1) is 18.2. The zero-order chi connectivity index (χ0) is 16.7. The zero-order valence-electron chi connectivity index (χ0n) is 13.5. The highest BCUT2D eigenvalue weighted by Gasteiger charge is 2.29. The van der Waals surface area contributed by atoms with E-state index in [-0.39, 0.29) is 23.7 Å². The van der Waals surface area contributed by atoms with E-state index in [0.717, 1.165) is 0 Å². The quantitative estimate of drug-likeness (QED) is 0.838. The third-order valence-electron chi connectivity index (χ3n) is 3.37. The van der Waals surface area contributed by atoms with E-state index in [2.05, 4.69) is 11.4 Å². The highest BCUT2D eigenvalue weighted by molar-refractivity contribution is 7.12. The summed E-state index contributed by atoms with van der Waals surface area (Å²) < 4.78 is 0. The summed E-state index contributed by atoms with van der Waals surface area (Å²) in [5.41, 5.74) is 0. The van der Waals surface area contributed by atoms with Crippen LogP contribution in [0.4, 0.5) is 0 Å². The molecular formula is C16H23N3O2S. The molecule has 1 aromatic heterocycles. The van der Waals surface area contributed by atoms with Crippen molar-refractivity contribution in [2.45, 2.75) is 33.7 Å². The summed E-state index contributed by atoms with van der Waals surface area (Å²) in [7, 11) is 0. The van der Waals surface area contributed by atoms with Gasteiger partial charge in [0.15, 0.2) is 0 Å². The normalized spacial score (nSPS) is 13.3. The van der Waals surface area contributed by atoms with Gasteiger partial charge in [-0.15, -0.1) is 11.3 Å². The average molecular weight is 321 g/mol. The Hall–Kier alpha value is -1.87. The molecule has 0 spiro atoms. The Morgan fingerprint density at radius 2 is 2.09 bits per heavy atom. The number of nitrogens with zero attached hydrogens (tertiary/aromatic N) is 2. The molecule has 1 N–H and O–H groups in total. The molecule has 0 unspecified atom stereocenters. The molecule has 0 aliphatic carbocycles. The van der Waals surface area contributed by atoms with Crippen molar-refractivity contribution in [2.24, 2.45) is 11.8 Å². The average Bonchev–Trinajstić information content (AvgIpc) is 3.03. The van der Waals surface area contributed by atoms with Gasteiger partial charge in [-0.3, -0.25) is 9.59 Å². The number of hydrogen-bond acceptors (Lipinski definition) is 4. The van der Waals surface area contributed by atoms with Crippen molar-refractivity contribution in [1.82, 2.24) is 10.2 Å². The van der Waals surface area contributed by atoms with Gasteiger partial charge >= 0.3 is 0 Å². The summed E-state index contributed by atoms with van der Waals surface area (Å²) >= 11 is 1.34. The van der Waals surface area contributed by atoms with E-state index in [0.29, 0.717) is 18.0 Å². The van der Waals surface area contributed by atoms with Crippen LogP contribution in [0.25, 0.3) is 0 Å². The Balaban J connectivity index is 2.83. The van der Waals surface area contributed by atoms with E-state index < -0.39 is 6.04 Å². The molecule has 1 aromatic rings. The molecule has 0 bridgehead atoms. The van der Waals surface area contributed by atoms with Crippen molar-refractivity contribution in [1.29, 1.82) is 5.26 Å². The van der Waals surface area contributed by atoms with E-state index in [4.69, 9.17) is 5.26 Å². The van der Waals surface area contributed by atoms with Gasteiger partial charge < -0.3 is 10.2 Å². The molecule has 0 aromatic carbocycles. The van der Waals surface area contributed by atoms with Crippen LogP contribution in [0.15, 0.2) is 17.5 Å². The highest BCUT2D eigenvalue weighted by atomic mass is 32.1. The SMILES string of the molecule is CCN(C[C@H](C)C#N)C(=O)[C@@H](NC(=O)c1cccs1)C(C)C. The van der Waals surface area contributed by atoms with Crippen LogP contribution in [0, 0.1) is 23.2 Å². The summed E-state index contributed by atoms with van der Waals surface area (Å²) in [5, 5.41) is 13.6. The number of amides is 2. The fourth-order valence-electron chi connectivity index (χ4n) is 2.08. The zero-order valence-corrected chi connectivity index (χ0v) is 14.3. The van der Waals surface area contributed by atoms with Gasteiger partial charge in [0.2, 0.25) is 5.91 Å². The molecule has 0 aliphatic rings. The number of thiophene rings is 1. The summed E-state index contributed by atoms with van der Waals surface area (Å²) in [5.74, 6) is -0.622. The first-order chi connectivity index (χ1) is 10.4. The van der Waals surface area contributed by atoms with Crippen molar-refractivity contribution in [3.8, 4) is 6.07 Å². The maximum atomic E-state index is 12.7. The number of hydrogen-bond donors (Lipinski definition) is 1. The van der Waals surface area contributed by atoms with E-state index in [9.17, 15) is 9.59 Å². The van der Waals surface area contributed by atoms with Crippen molar-refractivity contribution in [3.63, 3.8) is 0 Å². The van der Waals surface area contributed by atoms with Gasteiger partial charge in [-0.05, 0) is 31.2 Å². The fraction of sp³-hybridized carbons (Fsp3) is 0.562. The molecule has 6 heteroatoms. The molecule has 0 radical (unpaired) electrons. The molecule has 2 atom stereocenters. The van der Waals surface area contributed by atoms with Gasteiger partial charge in [0.25, 0.3) is 5.91 Å². The number of nitriles is 1. The largest absolute Gasteiger partial charge is 0.340 e. The maximum Gasteiger partial charge on any atom is 0.262 e. The standard InChI is InChI=1S/C16H23N3O2S/c1-5-19(10-12(4)9-17)16(21)14(11(2)3)18-15(20)13-7-6-8-22-13/h6-8,11-12,14H,5,10H2,1-4H3,(H,18,20)/t12-,14+/m1/s1. The van der Waals surface area contributed by atoms with Crippen LogP contribution in [0.3, 0.4) is 0 Å². The molecule has 0 fully saturated rings. The lowest BCUT2D eigenvalue weighted by atomic mass is 10.0. The minimum Gasteiger partial charge on any atom is -0.340 e. The third-order valence-corrected chi connectivity index (χ3v) is 4.24. The van der Waals surface area contributed by atoms with E-state index in [1.165, 1.54) is 11.3 Å². The lowest BCUT2D eigenvalue weighted by molar-refractivity contribution is -0.134. The van der Waals surface area contributed by atoms with Crippen LogP contribution in [-0.2, 0) is 4.79 Å². The van der Waals surface area contributed by atoms with Crippen LogP contribution in [-0.4, -0.2) is 35.8 Å². The summed E-state index contributed by atoms with van der Waals surface area (Å²) in [4.78, 5) is 27.1. The van der Waals surface area contributed by atoms with Crippen molar-refractivity contribution in [3.05, 3.63) is 22.4 Å². The Morgan fingerprint density at radius 1 is 1.41 bits per heavy atom. The molecule has 1 rings (SSSR count). The molecule has 1 heterocycles. The Bertz CT molecular complexity index is 534. The monoisotopic (exact) mass is 321 g/mol. The number of carbonyl (C=O) groups excluding carboxylic acids is 2. The van der Waals surface area contributed by atoms with Crippen LogP contribution >= 0.6 is 11.3 Å². The van der Waals surface area contributed by atoms with Crippen LogP contribution in [0.5, 0.6) is 0 Å². The second kappa shape index (κ2) is 8.54. The predicted octanol–water partition coefficient (Wildman–Crippen LogP) is 2.51. The molecular weight excluding hydrogens is 298 g/mol. The smallest absolute Gasteiger partial charge is 0.262 e. The Morgan fingerprint density at radius 3 is 2.55 bits per heavy atom. The number of nitrogens with one attached hydrogen (secondary N) is 1. The highest BCUT2D eigenvalue weighted by Crippen LogP contribution is 2.12. The van der Waals surface area contributed by atoms with E-state index in [1.54, 1.807) is 24.0 Å². The first-order valence-electron chi connectivity index (χ1n) is 7.43. The van der Waals surface area contributed by atoms with Crippen LogP contribution in [0.2, 0.25) is 0 Å². The number of carbonyl (C=O) groups is 2.